The number of urea groups is 1. The summed E-state index contributed by atoms with van der Waals surface area (Å²) in [6, 6.07) is 7.29. The quantitative estimate of drug-likeness (QED) is 0.661. The summed E-state index contributed by atoms with van der Waals surface area (Å²) in [6.07, 6.45) is 5.37. The van der Waals surface area contributed by atoms with Gasteiger partial charge in [-0.3, -0.25) is 0 Å². The number of ether oxygens (including phenoxy) is 2. The lowest BCUT2D eigenvalue weighted by molar-refractivity contribution is 0.0520. The van der Waals surface area contributed by atoms with Crippen molar-refractivity contribution >= 4 is 29.0 Å². The molecule has 0 saturated heterocycles. The number of carbonyl (C=O) groups excluding carboxylic acids is 2. The number of esters is 1. The van der Waals surface area contributed by atoms with E-state index < -0.39 is 5.97 Å². The van der Waals surface area contributed by atoms with Crippen molar-refractivity contribution in [3.63, 3.8) is 0 Å². The standard InChI is InChI=1S/C21H27N3O4S/c1-3-28-20(25)18-14-29-19(23-18)13-24(16-9-5-4-6-10-16)21(26)22-15-8-7-11-17(12-15)27-2/h7-8,11-12,14,16H,3-6,9-10,13H2,1-2H3,(H,22,26). The lowest BCUT2D eigenvalue weighted by atomic mass is 9.94. The van der Waals surface area contributed by atoms with Gasteiger partial charge in [-0.15, -0.1) is 11.3 Å². The fraction of sp³-hybridized carbons (Fsp3) is 0.476. The predicted molar refractivity (Wildman–Crippen MR) is 112 cm³/mol. The van der Waals surface area contributed by atoms with Crippen molar-refractivity contribution in [2.75, 3.05) is 19.0 Å². The fourth-order valence-corrected chi connectivity index (χ4v) is 4.24. The topological polar surface area (TPSA) is 80.8 Å². The highest BCUT2D eigenvalue weighted by atomic mass is 32.1. The maximum Gasteiger partial charge on any atom is 0.357 e. The number of benzene rings is 1. The first-order chi connectivity index (χ1) is 14.1. The number of aromatic nitrogens is 1. The molecular formula is C21H27N3O4S. The van der Waals surface area contributed by atoms with Gasteiger partial charge in [-0.2, -0.15) is 0 Å². The molecule has 8 heteroatoms. The highest BCUT2D eigenvalue weighted by molar-refractivity contribution is 7.09. The lowest BCUT2D eigenvalue weighted by Gasteiger charge is -2.34. The van der Waals surface area contributed by atoms with E-state index in [0.717, 1.165) is 30.7 Å². The Hall–Kier alpha value is -2.61. The molecule has 2 amide bonds. The fourth-order valence-electron chi connectivity index (χ4n) is 3.48. The van der Waals surface area contributed by atoms with E-state index >= 15 is 0 Å². The summed E-state index contributed by atoms with van der Waals surface area (Å²) >= 11 is 1.37. The number of hydrogen-bond donors (Lipinski definition) is 1. The van der Waals surface area contributed by atoms with E-state index in [2.05, 4.69) is 10.3 Å². The first kappa shape index (κ1) is 21.1. The third-order valence-electron chi connectivity index (χ3n) is 4.94. The highest BCUT2D eigenvalue weighted by Gasteiger charge is 2.27. The van der Waals surface area contributed by atoms with Gasteiger partial charge in [-0.1, -0.05) is 25.3 Å². The van der Waals surface area contributed by atoms with Crippen LogP contribution in [0.25, 0.3) is 0 Å². The summed E-state index contributed by atoms with van der Waals surface area (Å²) in [6.45, 7) is 2.44. The van der Waals surface area contributed by atoms with Gasteiger partial charge in [0, 0.05) is 23.2 Å². The van der Waals surface area contributed by atoms with E-state index in [0.29, 0.717) is 30.3 Å². The summed E-state index contributed by atoms with van der Waals surface area (Å²) in [5.74, 6) is 0.256. The molecule has 1 fully saturated rings. The third kappa shape index (κ3) is 5.69. The molecule has 0 atom stereocenters. The molecule has 156 valence electrons. The van der Waals surface area contributed by atoms with Crippen molar-refractivity contribution in [3.05, 3.63) is 40.3 Å². The Morgan fingerprint density at radius 2 is 2.07 bits per heavy atom. The molecule has 1 N–H and O–H groups in total. The molecule has 2 aromatic rings. The number of amides is 2. The number of nitrogens with one attached hydrogen (secondary N) is 1. The molecule has 1 saturated carbocycles. The van der Waals surface area contributed by atoms with Crippen LogP contribution in [0.5, 0.6) is 5.75 Å². The zero-order valence-electron chi connectivity index (χ0n) is 16.8. The van der Waals surface area contributed by atoms with E-state index in [-0.39, 0.29) is 12.1 Å². The molecule has 0 bridgehead atoms. The molecule has 1 aromatic heterocycles. The second-order valence-corrected chi connectivity index (χ2v) is 7.87. The Bertz CT molecular complexity index is 833. The van der Waals surface area contributed by atoms with Crippen LogP contribution in [0.15, 0.2) is 29.6 Å². The van der Waals surface area contributed by atoms with E-state index in [9.17, 15) is 9.59 Å². The van der Waals surface area contributed by atoms with Crippen LogP contribution in [-0.4, -0.2) is 41.6 Å². The number of thiazole rings is 1. The van der Waals surface area contributed by atoms with Gasteiger partial charge in [0.25, 0.3) is 0 Å². The Kier molecular flexibility index (Phi) is 7.46. The zero-order chi connectivity index (χ0) is 20.6. The second-order valence-electron chi connectivity index (χ2n) is 6.93. The molecule has 0 spiro atoms. The van der Waals surface area contributed by atoms with E-state index in [4.69, 9.17) is 9.47 Å². The molecule has 1 aromatic carbocycles. The predicted octanol–water partition coefficient (Wildman–Crippen LogP) is 4.70. The Morgan fingerprint density at radius 1 is 1.28 bits per heavy atom. The summed E-state index contributed by atoms with van der Waals surface area (Å²) in [5.41, 5.74) is 0.977. The zero-order valence-corrected chi connectivity index (χ0v) is 17.7. The normalized spacial score (nSPS) is 14.3. The Balaban J connectivity index is 1.75. The van der Waals surface area contributed by atoms with Crippen LogP contribution >= 0.6 is 11.3 Å². The number of carbonyl (C=O) groups is 2. The Labute approximate surface area is 175 Å². The minimum absolute atomic E-state index is 0.157. The van der Waals surface area contributed by atoms with Crippen molar-refractivity contribution in [2.45, 2.75) is 51.6 Å². The summed E-state index contributed by atoms with van der Waals surface area (Å²) in [7, 11) is 1.60. The van der Waals surface area contributed by atoms with E-state index in [1.807, 2.05) is 23.1 Å². The molecule has 0 aliphatic heterocycles. The molecular weight excluding hydrogens is 390 g/mol. The van der Waals surface area contributed by atoms with Crippen LogP contribution in [0.2, 0.25) is 0 Å². The van der Waals surface area contributed by atoms with Gasteiger partial charge in [-0.05, 0) is 31.9 Å². The van der Waals surface area contributed by atoms with Crippen molar-refractivity contribution in [1.82, 2.24) is 9.88 Å². The molecule has 1 aliphatic carbocycles. The number of rotatable bonds is 7. The number of nitrogens with zero attached hydrogens (tertiary/aromatic N) is 2. The minimum atomic E-state index is -0.431. The van der Waals surface area contributed by atoms with Crippen LogP contribution < -0.4 is 10.1 Å². The SMILES string of the molecule is CCOC(=O)c1csc(CN(C(=O)Nc2cccc(OC)c2)C2CCCCC2)n1. The van der Waals surface area contributed by atoms with Gasteiger partial charge in [-0.25, -0.2) is 14.6 Å². The first-order valence-corrected chi connectivity index (χ1v) is 10.8. The van der Waals surface area contributed by atoms with Gasteiger partial charge in [0.2, 0.25) is 0 Å². The van der Waals surface area contributed by atoms with Gasteiger partial charge in [0.15, 0.2) is 5.69 Å². The lowest BCUT2D eigenvalue weighted by Crippen LogP contribution is -2.43. The molecule has 0 unspecified atom stereocenters. The van der Waals surface area contributed by atoms with Gasteiger partial charge >= 0.3 is 12.0 Å². The number of hydrogen-bond acceptors (Lipinski definition) is 6. The van der Waals surface area contributed by atoms with Crippen LogP contribution in [0.4, 0.5) is 10.5 Å². The van der Waals surface area contributed by atoms with Crippen molar-refractivity contribution in [3.8, 4) is 5.75 Å². The van der Waals surface area contributed by atoms with E-state index in [1.165, 1.54) is 17.8 Å². The average molecular weight is 418 g/mol. The van der Waals surface area contributed by atoms with Gasteiger partial charge in [0.05, 0.1) is 20.3 Å². The van der Waals surface area contributed by atoms with Crippen LogP contribution in [0.1, 0.15) is 54.5 Å². The van der Waals surface area contributed by atoms with Crippen LogP contribution in [-0.2, 0) is 11.3 Å². The van der Waals surface area contributed by atoms with Crippen LogP contribution in [0, 0.1) is 0 Å². The summed E-state index contributed by atoms with van der Waals surface area (Å²) in [4.78, 5) is 31.2. The van der Waals surface area contributed by atoms with Crippen molar-refractivity contribution in [1.29, 1.82) is 0 Å². The minimum Gasteiger partial charge on any atom is -0.497 e. The molecule has 3 rings (SSSR count). The van der Waals surface area contributed by atoms with Gasteiger partial charge < -0.3 is 19.7 Å². The van der Waals surface area contributed by atoms with Gasteiger partial charge in [0.1, 0.15) is 10.8 Å². The maximum absolute atomic E-state index is 13.1. The van der Waals surface area contributed by atoms with E-state index in [1.54, 1.807) is 25.5 Å². The highest BCUT2D eigenvalue weighted by Crippen LogP contribution is 2.26. The number of methoxy groups -OCH3 is 1. The molecule has 1 aliphatic rings. The molecule has 1 heterocycles. The van der Waals surface area contributed by atoms with Crippen molar-refractivity contribution in [2.24, 2.45) is 0 Å². The second kappa shape index (κ2) is 10.2. The Morgan fingerprint density at radius 3 is 2.79 bits per heavy atom. The van der Waals surface area contributed by atoms with Crippen LogP contribution in [0.3, 0.4) is 0 Å². The number of anilines is 1. The molecule has 7 nitrogen and oxygen atoms in total. The third-order valence-corrected chi connectivity index (χ3v) is 5.77. The average Bonchev–Trinajstić information content (AvgIpc) is 3.22. The smallest absolute Gasteiger partial charge is 0.357 e. The summed E-state index contributed by atoms with van der Waals surface area (Å²) in [5, 5.41) is 5.38. The monoisotopic (exact) mass is 417 g/mol. The van der Waals surface area contributed by atoms with Crippen molar-refractivity contribution < 1.29 is 19.1 Å². The largest absolute Gasteiger partial charge is 0.497 e. The molecule has 0 radical (unpaired) electrons. The maximum atomic E-state index is 13.1. The first-order valence-electron chi connectivity index (χ1n) is 9.94. The summed E-state index contributed by atoms with van der Waals surface area (Å²) < 4.78 is 10.2. The molecule has 29 heavy (non-hydrogen) atoms.